The Morgan fingerprint density at radius 2 is 1.64 bits per heavy atom. The van der Waals surface area contributed by atoms with Gasteiger partial charge in [0.05, 0.1) is 76.9 Å². The Hall–Kier alpha value is -3.20. The number of hydrogen-bond donors (Lipinski definition) is 1. The summed E-state index contributed by atoms with van der Waals surface area (Å²) in [6.45, 7) is 8.61. The molecule has 4 amide bonds. The van der Waals surface area contributed by atoms with Crippen LogP contribution in [-0.4, -0.2) is 121 Å². The fourth-order valence-electron chi connectivity index (χ4n) is 6.51. The fourth-order valence-corrected chi connectivity index (χ4v) is 6.51. The standard InChI is InChI=1S/C33H52N6O8/c1-24(2)47-20-19-46-18-17-45-16-14-38-23-27(35-36-38)22-37(13-10-28(40)34-11-15-44-3)29(41)7-5-4-6-12-39-32(42)30-25-8-9-26(21-25)31(30)33(39)43/h8-9,23-26,30-31H,4-7,10-22H2,1-3H3,(H,34,40)/t25-,26?,30?,31-/m0/s1. The minimum atomic E-state index is -0.176. The lowest BCUT2D eigenvalue weighted by molar-refractivity contribution is -0.141. The Kier molecular flexibility index (Phi) is 14.8. The quantitative estimate of drug-likeness (QED) is 0.0982. The van der Waals surface area contributed by atoms with Crippen molar-refractivity contribution < 1.29 is 38.1 Å². The van der Waals surface area contributed by atoms with Crippen molar-refractivity contribution in [1.29, 1.82) is 0 Å². The SMILES string of the molecule is COCCNC(=O)CCN(Cc1cn(CCOCCOCCOC(C)C)nn1)C(=O)CCCCCN1C(=O)C2[C@@H](C1=O)C1C=C[C@H]2C1. The van der Waals surface area contributed by atoms with E-state index >= 15 is 0 Å². The minimum Gasteiger partial charge on any atom is -0.383 e. The molecule has 3 aliphatic rings. The number of fused-ring (bicyclic) bond motifs is 5. The first-order valence-electron chi connectivity index (χ1n) is 17.0. The number of rotatable bonds is 24. The summed E-state index contributed by atoms with van der Waals surface area (Å²) in [5.74, 6) is -0.245. The molecular weight excluding hydrogens is 608 g/mol. The van der Waals surface area contributed by atoms with Gasteiger partial charge in [0.25, 0.3) is 0 Å². The summed E-state index contributed by atoms with van der Waals surface area (Å²) in [6, 6.07) is 0. The van der Waals surface area contributed by atoms with Crippen LogP contribution in [0, 0.1) is 23.7 Å². The second kappa shape index (κ2) is 19.0. The molecule has 0 aromatic carbocycles. The third-order valence-electron chi connectivity index (χ3n) is 8.88. The van der Waals surface area contributed by atoms with E-state index in [2.05, 4.69) is 27.8 Å². The number of likely N-dealkylation sites (tertiary alicyclic amines) is 1. The number of nitrogens with one attached hydrogen (secondary N) is 1. The van der Waals surface area contributed by atoms with E-state index in [4.69, 9.17) is 18.9 Å². The molecule has 262 valence electrons. The van der Waals surface area contributed by atoms with Gasteiger partial charge in [-0.2, -0.15) is 0 Å². The molecule has 1 aromatic rings. The lowest BCUT2D eigenvalue weighted by atomic mass is 9.85. The Balaban J connectivity index is 1.17. The Labute approximate surface area is 277 Å². The zero-order chi connectivity index (χ0) is 33.6. The number of imide groups is 1. The third-order valence-corrected chi connectivity index (χ3v) is 8.88. The van der Waals surface area contributed by atoms with Gasteiger partial charge in [-0.1, -0.05) is 23.8 Å². The van der Waals surface area contributed by atoms with E-state index in [1.165, 1.54) is 4.90 Å². The first-order valence-corrected chi connectivity index (χ1v) is 17.0. The summed E-state index contributed by atoms with van der Waals surface area (Å²) in [5.41, 5.74) is 0.617. The van der Waals surface area contributed by atoms with Crippen molar-refractivity contribution >= 4 is 23.6 Å². The molecule has 2 heterocycles. The number of carbonyl (C=O) groups excluding carboxylic acids is 4. The van der Waals surface area contributed by atoms with E-state index in [0.29, 0.717) is 90.7 Å². The summed E-state index contributed by atoms with van der Waals surface area (Å²) in [6.07, 6.45) is 9.51. The maximum Gasteiger partial charge on any atom is 0.233 e. The van der Waals surface area contributed by atoms with E-state index < -0.39 is 0 Å². The van der Waals surface area contributed by atoms with Crippen molar-refractivity contribution in [3.8, 4) is 0 Å². The van der Waals surface area contributed by atoms with Crippen LogP contribution in [0.4, 0.5) is 0 Å². The van der Waals surface area contributed by atoms with Crippen LogP contribution >= 0.6 is 0 Å². The summed E-state index contributed by atoms with van der Waals surface area (Å²) < 4.78 is 23.2. The predicted octanol–water partition coefficient (Wildman–Crippen LogP) is 1.59. The monoisotopic (exact) mass is 660 g/mol. The Bertz CT molecular complexity index is 1180. The number of hydrogen-bond acceptors (Lipinski definition) is 10. The summed E-state index contributed by atoms with van der Waals surface area (Å²) in [7, 11) is 1.57. The molecule has 1 saturated heterocycles. The highest BCUT2D eigenvalue weighted by Gasteiger charge is 2.58. The van der Waals surface area contributed by atoms with Gasteiger partial charge in [0.1, 0.15) is 5.69 Å². The van der Waals surface area contributed by atoms with Gasteiger partial charge in [-0.05, 0) is 44.9 Å². The molecular formula is C33H52N6O8. The second-order valence-corrected chi connectivity index (χ2v) is 12.7. The number of amides is 4. The normalized spacial score (nSPS) is 21.3. The van der Waals surface area contributed by atoms with Gasteiger partial charge in [0.2, 0.25) is 23.6 Å². The average molecular weight is 661 g/mol. The van der Waals surface area contributed by atoms with E-state index in [9.17, 15) is 19.2 Å². The molecule has 1 aliphatic heterocycles. The topological polar surface area (TPSA) is 154 Å². The van der Waals surface area contributed by atoms with Gasteiger partial charge < -0.3 is 29.2 Å². The lowest BCUT2D eigenvalue weighted by Crippen LogP contribution is -2.35. The van der Waals surface area contributed by atoms with E-state index in [1.54, 1.807) is 22.9 Å². The van der Waals surface area contributed by atoms with Crippen molar-refractivity contribution in [1.82, 2.24) is 30.1 Å². The Morgan fingerprint density at radius 1 is 0.936 bits per heavy atom. The molecule has 14 heteroatoms. The molecule has 2 unspecified atom stereocenters. The smallest absolute Gasteiger partial charge is 0.233 e. The van der Waals surface area contributed by atoms with Crippen LogP contribution in [-0.2, 0) is 51.2 Å². The van der Waals surface area contributed by atoms with Gasteiger partial charge in [0, 0.05) is 39.6 Å². The van der Waals surface area contributed by atoms with Crippen LogP contribution in [0.3, 0.4) is 0 Å². The van der Waals surface area contributed by atoms with Crippen LogP contribution in [0.1, 0.15) is 58.1 Å². The van der Waals surface area contributed by atoms with Crippen molar-refractivity contribution in [3.05, 3.63) is 24.0 Å². The highest BCUT2D eigenvalue weighted by atomic mass is 16.5. The number of carbonyl (C=O) groups is 4. The third kappa shape index (κ3) is 10.9. The van der Waals surface area contributed by atoms with E-state index in [0.717, 1.165) is 6.42 Å². The van der Waals surface area contributed by atoms with Crippen molar-refractivity contribution in [3.63, 3.8) is 0 Å². The lowest BCUT2D eigenvalue weighted by Gasteiger charge is -2.22. The predicted molar refractivity (Wildman–Crippen MR) is 171 cm³/mol. The first kappa shape index (κ1) is 36.6. The molecule has 1 N–H and O–H groups in total. The van der Waals surface area contributed by atoms with Crippen LogP contribution in [0.2, 0.25) is 0 Å². The molecule has 2 bridgehead atoms. The van der Waals surface area contributed by atoms with Gasteiger partial charge in [-0.3, -0.25) is 24.1 Å². The minimum absolute atomic E-state index is 0.0282. The average Bonchev–Trinajstić information content (AvgIpc) is 3.84. The number of unbranched alkanes of at least 4 members (excludes halogenated alkanes) is 2. The molecule has 0 radical (unpaired) electrons. The molecule has 47 heavy (non-hydrogen) atoms. The van der Waals surface area contributed by atoms with Gasteiger partial charge in [-0.15, -0.1) is 5.10 Å². The molecule has 0 spiro atoms. The number of allylic oxidation sites excluding steroid dienone is 2. The fraction of sp³-hybridized carbons (Fsp3) is 0.758. The molecule has 4 atom stereocenters. The highest BCUT2D eigenvalue weighted by molar-refractivity contribution is 6.06. The summed E-state index contributed by atoms with van der Waals surface area (Å²) >= 11 is 0. The molecule has 1 saturated carbocycles. The number of aromatic nitrogens is 3. The van der Waals surface area contributed by atoms with Gasteiger partial charge >= 0.3 is 0 Å². The first-order chi connectivity index (χ1) is 22.8. The number of ether oxygens (including phenoxy) is 4. The van der Waals surface area contributed by atoms with E-state index in [-0.39, 0.29) is 72.9 Å². The van der Waals surface area contributed by atoms with Crippen molar-refractivity contribution in [2.24, 2.45) is 23.7 Å². The maximum atomic E-state index is 13.3. The van der Waals surface area contributed by atoms with Gasteiger partial charge in [0.15, 0.2) is 0 Å². The number of methoxy groups -OCH3 is 1. The highest BCUT2D eigenvalue weighted by Crippen LogP contribution is 2.52. The molecule has 2 fully saturated rings. The molecule has 1 aromatic heterocycles. The van der Waals surface area contributed by atoms with Crippen molar-refractivity contribution in [2.45, 2.75) is 71.6 Å². The second-order valence-electron chi connectivity index (χ2n) is 12.7. The van der Waals surface area contributed by atoms with Crippen molar-refractivity contribution in [2.75, 3.05) is 66.4 Å². The Morgan fingerprint density at radius 3 is 2.34 bits per heavy atom. The van der Waals surface area contributed by atoms with Crippen LogP contribution in [0.5, 0.6) is 0 Å². The summed E-state index contributed by atoms with van der Waals surface area (Å²) in [5, 5.41) is 11.2. The van der Waals surface area contributed by atoms with Crippen LogP contribution < -0.4 is 5.32 Å². The van der Waals surface area contributed by atoms with Crippen LogP contribution in [0.25, 0.3) is 0 Å². The maximum absolute atomic E-state index is 13.3. The largest absolute Gasteiger partial charge is 0.383 e. The molecule has 2 aliphatic carbocycles. The zero-order valence-corrected chi connectivity index (χ0v) is 28.1. The zero-order valence-electron chi connectivity index (χ0n) is 28.1. The van der Waals surface area contributed by atoms with E-state index in [1.807, 2.05) is 13.8 Å². The molecule has 4 rings (SSSR count). The summed E-state index contributed by atoms with van der Waals surface area (Å²) in [4.78, 5) is 54.6. The number of nitrogens with zero attached hydrogens (tertiary/aromatic N) is 5. The van der Waals surface area contributed by atoms with Gasteiger partial charge in [-0.25, -0.2) is 4.68 Å². The molecule has 14 nitrogen and oxygen atoms in total. The van der Waals surface area contributed by atoms with Crippen LogP contribution in [0.15, 0.2) is 18.3 Å².